The molecule has 0 aromatic heterocycles. The molecule has 2 heteroatoms. The van der Waals surface area contributed by atoms with Crippen molar-refractivity contribution in [3.8, 4) is 0 Å². The van der Waals surface area contributed by atoms with Crippen molar-refractivity contribution in [3.05, 3.63) is 0 Å². The van der Waals surface area contributed by atoms with Crippen LogP contribution in [0, 0.1) is 0 Å². The molecule has 0 aliphatic carbocycles. The number of unbranched alkanes of at least 4 members (excludes halogenated alkanes) is 3. The van der Waals surface area contributed by atoms with E-state index in [1.54, 1.807) is 0 Å². The van der Waals surface area contributed by atoms with E-state index in [2.05, 4.69) is 27.7 Å². The Morgan fingerprint density at radius 1 is 0.714 bits per heavy atom. The second kappa shape index (κ2) is 23.4. The molecule has 0 atom stereocenters. The summed E-state index contributed by atoms with van der Waals surface area (Å²) in [5, 5.41) is 0. The number of ether oxygens (including phenoxy) is 1. The SMILES string of the molecule is CCCC.CCCCOCCCC.[H-].[Li+]. The molecule has 0 fully saturated rings. The molecule has 0 saturated carbocycles. The first kappa shape index (κ1) is 20.0. The largest absolute Gasteiger partial charge is 1.00 e. The molecule has 0 aromatic carbocycles. The fraction of sp³-hybridized carbons (Fsp3) is 1.00. The molecule has 0 heterocycles. The molecule has 0 spiro atoms. The van der Waals surface area contributed by atoms with Crippen molar-refractivity contribution in [2.24, 2.45) is 0 Å². The average molecular weight is 196 g/mol. The second-order valence-electron chi connectivity index (χ2n) is 3.32. The van der Waals surface area contributed by atoms with Crippen molar-refractivity contribution >= 4 is 0 Å². The van der Waals surface area contributed by atoms with Gasteiger partial charge in [0, 0.05) is 13.2 Å². The Morgan fingerprint density at radius 3 is 1.29 bits per heavy atom. The maximum absolute atomic E-state index is 5.31. The predicted molar refractivity (Wildman–Crippen MR) is 62.3 cm³/mol. The third-order valence-corrected chi connectivity index (χ3v) is 1.78. The van der Waals surface area contributed by atoms with E-state index in [9.17, 15) is 0 Å². The third kappa shape index (κ3) is 29.4. The monoisotopic (exact) mass is 196 g/mol. The van der Waals surface area contributed by atoms with Gasteiger partial charge in [0.25, 0.3) is 0 Å². The summed E-state index contributed by atoms with van der Waals surface area (Å²) in [5.74, 6) is 0. The molecule has 0 radical (unpaired) electrons. The molecule has 0 N–H and O–H groups in total. The topological polar surface area (TPSA) is 9.23 Å². The first-order chi connectivity index (χ1) is 6.33. The Kier molecular flexibility index (Phi) is 33.5. The quantitative estimate of drug-likeness (QED) is 0.443. The molecule has 0 aromatic rings. The van der Waals surface area contributed by atoms with E-state index in [1.807, 2.05) is 0 Å². The van der Waals surface area contributed by atoms with Crippen molar-refractivity contribution in [3.63, 3.8) is 0 Å². The minimum atomic E-state index is 0. The van der Waals surface area contributed by atoms with Gasteiger partial charge in [-0.1, -0.05) is 53.4 Å². The molecule has 0 unspecified atom stereocenters. The van der Waals surface area contributed by atoms with Crippen LogP contribution < -0.4 is 18.9 Å². The van der Waals surface area contributed by atoms with Crippen molar-refractivity contribution in [2.45, 2.75) is 66.2 Å². The van der Waals surface area contributed by atoms with Gasteiger partial charge in [-0.05, 0) is 12.8 Å². The smallest absolute Gasteiger partial charge is 1.00 e. The fourth-order valence-corrected chi connectivity index (χ4v) is 0.595. The van der Waals surface area contributed by atoms with Gasteiger partial charge < -0.3 is 6.16 Å². The first-order valence-corrected chi connectivity index (χ1v) is 5.91. The van der Waals surface area contributed by atoms with Crippen molar-refractivity contribution in [1.29, 1.82) is 0 Å². The van der Waals surface area contributed by atoms with Gasteiger partial charge in [0.2, 0.25) is 0 Å². The Balaban J connectivity index is -0.0000000883. The molecule has 0 aliphatic rings. The zero-order chi connectivity index (χ0) is 10.4. The molecule has 1 nitrogen and oxygen atoms in total. The Morgan fingerprint density at radius 2 is 1.07 bits per heavy atom. The fourth-order valence-electron chi connectivity index (χ4n) is 0.595. The summed E-state index contributed by atoms with van der Waals surface area (Å²) in [6.07, 6.45) is 7.55. The Hall–Kier alpha value is 0.557. The van der Waals surface area contributed by atoms with Crippen LogP contribution in [0.15, 0.2) is 0 Å². The van der Waals surface area contributed by atoms with Gasteiger partial charge in [-0.25, -0.2) is 0 Å². The van der Waals surface area contributed by atoms with Crippen LogP contribution in [0.25, 0.3) is 0 Å². The molecule has 0 saturated heterocycles. The summed E-state index contributed by atoms with van der Waals surface area (Å²) in [4.78, 5) is 0. The van der Waals surface area contributed by atoms with E-state index in [0.717, 1.165) is 13.2 Å². The van der Waals surface area contributed by atoms with E-state index in [0.29, 0.717) is 0 Å². The van der Waals surface area contributed by atoms with Crippen LogP contribution in [0.1, 0.15) is 67.6 Å². The Bertz CT molecular complexity index is 64.6. The minimum absolute atomic E-state index is 0. The molecule has 0 rings (SSSR count). The van der Waals surface area contributed by atoms with Crippen molar-refractivity contribution < 1.29 is 25.0 Å². The summed E-state index contributed by atoms with van der Waals surface area (Å²) >= 11 is 0. The van der Waals surface area contributed by atoms with Crippen LogP contribution >= 0.6 is 0 Å². The van der Waals surface area contributed by atoms with E-state index < -0.39 is 0 Å². The molecule has 0 bridgehead atoms. The molecular weight excluding hydrogens is 167 g/mol. The predicted octanol–water partition coefficient (Wildman–Crippen LogP) is 1.53. The zero-order valence-corrected chi connectivity index (χ0v) is 11.1. The molecule has 0 amide bonds. The van der Waals surface area contributed by atoms with Crippen LogP contribution in [0.5, 0.6) is 0 Å². The van der Waals surface area contributed by atoms with Gasteiger partial charge in [-0.15, -0.1) is 0 Å². The van der Waals surface area contributed by atoms with Gasteiger partial charge in [0.1, 0.15) is 0 Å². The summed E-state index contributed by atoms with van der Waals surface area (Å²) < 4.78 is 5.31. The van der Waals surface area contributed by atoms with Crippen LogP contribution in [0.3, 0.4) is 0 Å². The van der Waals surface area contributed by atoms with Gasteiger partial charge in [-0.2, -0.15) is 0 Å². The number of hydrogen-bond donors (Lipinski definition) is 0. The maximum Gasteiger partial charge on any atom is 1.00 e. The first-order valence-electron chi connectivity index (χ1n) is 5.91. The normalized spacial score (nSPS) is 8.57. The zero-order valence-electron chi connectivity index (χ0n) is 12.1. The second-order valence-corrected chi connectivity index (χ2v) is 3.32. The van der Waals surface area contributed by atoms with Crippen LogP contribution in [-0.4, -0.2) is 13.2 Å². The van der Waals surface area contributed by atoms with Crippen molar-refractivity contribution in [1.82, 2.24) is 0 Å². The molecule has 84 valence electrons. The summed E-state index contributed by atoms with van der Waals surface area (Å²) in [6, 6.07) is 0. The molecule has 14 heavy (non-hydrogen) atoms. The minimum Gasteiger partial charge on any atom is -1.00 e. The van der Waals surface area contributed by atoms with Gasteiger partial charge in [0.15, 0.2) is 0 Å². The van der Waals surface area contributed by atoms with E-state index >= 15 is 0 Å². The third-order valence-electron chi connectivity index (χ3n) is 1.78. The summed E-state index contributed by atoms with van der Waals surface area (Å²) in [6.45, 7) is 10.6. The van der Waals surface area contributed by atoms with Gasteiger partial charge in [0.05, 0.1) is 0 Å². The van der Waals surface area contributed by atoms with Gasteiger partial charge >= 0.3 is 18.9 Å². The van der Waals surface area contributed by atoms with Crippen LogP contribution in [0.4, 0.5) is 0 Å². The van der Waals surface area contributed by atoms with Crippen LogP contribution in [-0.2, 0) is 4.74 Å². The number of hydrogen-bond acceptors (Lipinski definition) is 1. The number of rotatable bonds is 7. The summed E-state index contributed by atoms with van der Waals surface area (Å²) in [7, 11) is 0. The van der Waals surface area contributed by atoms with Crippen molar-refractivity contribution in [2.75, 3.05) is 13.2 Å². The van der Waals surface area contributed by atoms with E-state index in [4.69, 9.17) is 4.74 Å². The molecular formula is C12H29LiO. The summed E-state index contributed by atoms with van der Waals surface area (Å²) in [5.41, 5.74) is 0. The molecule has 0 aliphatic heterocycles. The standard InChI is InChI=1S/C8H18O.C4H10.Li.H/c1-3-5-7-9-8-6-4-2;1-3-4-2;;/h3-8H2,1-2H3;3-4H2,1-2H3;;/q;;+1;-1. The van der Waals surface area contributed by atoms with Crippen LogP contribution in [0.2, 0.25) is 0 Å². The Labute approximate surface area is 105 Å². The van der Waals surface area contributed by atoms with E-state index in [-0.39, 0.29) is 20.3 Å². The average Bonchev–Trinajstić information content (AvgIpc) is 2.18. The van der Waals surface area contributed by atoms with Gasteiger partial charge in [-0.3, -0.25) is 0 Å². The van der Waals surface area contributed by atoms with E-state index in [1.165, 1.54) is 38.5 Å². The maximum atomic E-state index is 5.31.